The van der Waals surface area contributed by atoms with E-state index in [-0.39, 0.29) is 17.6 Å². The van der Waals surface area contributed by atoms with Gasteiger partial charge in [0, 0.05) is 17.7 Å². The van der Waals surface area contributed by atoms with E-state index >= 15 is 0 Å². The normalized spacial score (nSPS) is 17.7. The molecule has 26 heavy (non-hydrogen) atoms. The maximum absolute atomic E-state index is 12.5. The van der Waals surface area contributed by atoms with Crippen molar-refractivity contribution in [1.82, 2.24) is 5.32 Å². The van der Waals surface area contributed by atoms with Crippen LogP contribution in [-0.2, 0) is 10.5 Å². The van der Waals surface area contributed by atoms with Crippen LogP contribution in [0.1, 0.15) is 37.4 Å². The number of thioether (sulfide) groups is 1. The molecular formula is C21H25NO3S. The highest BCUT2D eigenvalue weighted by atomic mass is 32.2. The van der Waals surface area contributed by atoms with Crippen molar-refractivity contribution in [3.63, 3.8) is 0 Å². The molecule has 0 spiro atoms. The Bertz CT molecular complexity index is 761. The number of fused-ring (bicyclic) bond motifs is 1. The highest BCUT2D eigenvalue weighted by Crippen LogP contribution is 2.41. The van der Waals surface area contributed by atoms with Gasteiger partial charge in [0.05, 0.1) is 18.9 Å². The van der Waals surface area contributed by atoms with Crippen molar-refractivity contribution >= 4 is 17.7 Å². The maximum atomic E-state index is 12.5. The number of hydrogen-bond donors (Lipinski definition) is 1. The van der Waals surface area contributed by atoms with Crippen molar-refractivity contribution in [2.45, 2.75) is 37.7 Å². The molecule has 1 aliphatic rings. The molecule has 2 aromatic carbocycles. The van der Waals surface area contributed by atoms with Gasteiger partial charge in [0.1, 0.15) is 17.1 Å². The van der Waals surface area contributed by atoms with E-state index in [1.807, 2.05) is 50.2 Å². The summed E-state index contributed by atoms with van der Waals surface area (Å²) < 4.78 is 11.4. The molecule has 0 fully saturated rings. The minimum absolute atomic E-state index is 0.0439. The van der Waals surface area contributed by atoms with E-state index < -0.39 is 0 Å². The zero-order valence-corrected chi connectivity index (χ0v) is 16.3. The average Bonchev–Trinajstić information content (AvgIpc) is 2.61. The van der Waals surface area contributed by atoms with Gasteiger partial charge in [-0.1, -0.05) is 30.3 Å². The summed E-state index contributed by atoms with van der Waals surface area (Å²) in [5.74, 6) is 2.89. The molecule has 1 heterocycles. The number of benzene rings is 2. The highest BCUT2D eigenvalue weighted by molar-refractivity contribution is 7.99. The lowest BCUT2D eigenvalue weighted by molar-refractivity contribution is -0.119. The Kier molecular flexibility index (Phi) is 5.77. The summed E-state index contributed by atoms with van der Waals surface area (Å²) in [5, 5.41) is 3.17. The molecule has 3 rings (SSSR count). The van der Waals surface area contributed by atoms with Crippen LogP contribution in [0.3, 0.4) is 0 Å². The van der Waals surface area contributed by atoms with Gasteiger partial charge in [-0.2, -0.15) is 0 Å². The fourth-order valence-corrected chi connectivity index (χ4v) is 3.96. The van der Waals surface area contributed by atoms with E-state index in [2.05, 4.69) is 17.4 Å². The largest absolute Gasteiger partial charge is 0.497 e. The standard InChI is InChI=1S/C21H25NO3S/c1-21(2)12-18(17-11-16(24-3)9-10-19(17)25-21)22-20(23)14-26-13-15-7-5-4-6-8-15/h4-11,18H,12-14H2,1-3H3,(H,22,23)/t18-/m0/s1. The molecule has 5 heteroatoms. The Morgan fingerprint density at radius 3 is 2.77 bits per heavy atom. The molecule has 0 bridgehead atoms. The third-order valence-electron chi connectivity index (χ3n) is 4.35. The first kappa shape index (κ1) is 18.6. The van der Waals surface area contributed by atoms with Gasteiger partial charge in [0.15, 0.2) is 0 Å². The summed E-state index contributed by atoms with van der Waals surface area (Å²) in [4.78, 5) is 12.5. The predicted molar refractivity (Wildman–Crippen MR) is 106 cm³/mol. The predicted octanol–water partition coefficient (Wildman–Crippen LogP) is 4.35. The topological polar surface area (TPSA) is 47.6 Å². The van der Waals surface area contributed by atoms with E-state index in [9.17, 15) is 4.79 Å². The van der Waals surface area contributed by atoms with Gasteiger partial charge in [-0.15, -0.1) is 11.8 Å². The van der Waals surface area contributed by atoms with Crippen molar-refractivity contribution in [3.05, 3.63) is 59.7 Å². The molecule has 1 amide bonds. The van der Waals surface area contributed by atoms with Gasteiger partial charge in [-0.3, -0.25) is 4.79 Å². The van der Waals surface area contributed by atoms with Gasteiger partial charge in [0.2, 0.25) is 5.91 Å². The minimum atomic E-state index is -0.323. The number of nitrogens with one attached hydrogen (secondary N) is 1. The van der Waals surface area contributed by atoms with E-state index in [0.717, 1.165) is 29.2 Å². The zero-order chi connectivity index (χ0) is 18.6. The lowest BCUT2D eigenvalue weighted by Gasteiger charge is -2.38. The maximum Gasteiger partial charge on any atom is 0.230 e. The minimum Gasteiger partial charge on any atom is -0.497 e. The molecule has 0 aliphatic carbocycles. The molecule has 138 valence electrons. The second-order valence-electron chi connectivity index (χ2n) is 7.07. The molecule has 1 atom stereocenters. The Morgan fingerprint density at radius 1 is 1.27 bits per heavy atom. The third-order valence-corrected chi connectivity index (χ3v) is 5.36. The van der Waals surface area contributed by atoms with Crippen LogP contribution in [0.5, 0.6) is 11.5 Å². The zero-order valence-electron chi connectivity index (χ0n) is 15.5. The van der Waals surface area contributed by atoms with Crippen LogP contribution in [-0.4, -0.2) is 24.4 Å². The first-order valence-electron chi connectivity index (χ1n) is 8.75. The number of carbonyl (C=O) groups is 1. The van der Waals surface area contributed by atoms with Crippen molar-refractivity contribution in [3.8, 4) is 11.5 Å². The van der Waals surface area contributed by atoms with Crippen molar-refractivity contribution in [2.75, 3.05) is 12.9 Å². The molecule has 4 nitrogen and oxygen atoms in total. The lowest BCUT2D eigenvalue weighted by atomic mass is 9.89. The van der Waals surface area contributed by atoms with Crippen LogP contribution in [0, 0.1) is 0 Å². The SMILES string of the molecule is COc1ccc2c(c1)[C@@H](NC(=O)CSCc1ccccc1)CC(C)(C)O2. The number of amides is 1. The summed E-state index contributed by atoms with van der Waals surface area (Å²) in [6.07, 6.45) is 0.724. The second kappa shape index (κ2) is 8.04. The molecule has 0 unspecified atom stereocenters. The van der Waals surface area contributed by atoms with Crippen LogP contribution in [0.25, 0.3) is 0 Å². The molecule has 1 N–H and O–H groups in total. The smallest absolute Gasteiger partial charge is 0.230 e. The molecule has 1 aliphatic heterocycles. The monoisotopic (exact) mass is 371 g/mol. The Labute approximate surface area is 159 Å². The third kappa shape index (κ3) is 4.73. The Morgan fingerprint density at radius 2 is 2.04 bits per heavy atom. The number of rotatable bonds is 6. The van der Waals surface area contributed by atoms with E-state index in [0.29, 0.717) is 5.75 Å². The average molecular weight is 372 g/mol. The molecule has 0 aromatic heterocycles. The van der Waals surface area contributed by atoms with Crippen molar-refractivity contribution in [1.29, 1.82) is 0 Å². The van der Waals surface area contributed by atoms with Crippen LogP contribution in [0.4, 0.5) is 0 Å². The van der Waals surface area contributed by atoms with Crippen molar-refractivity contribution < 1.29 is 14.3 Å². The number of ether oxygens (including phenoxy) is 2. The van der Waals surface area contributed by atoms with Crippen LogP contribution >= 0.6 is 11.8 Å². The Hall–Kier alpha value is -2.14. The number of carbonyl (C=O) groups excluding carboxylic acids is 1. The first-order valence-corrected chi connectivity index (χ1v) is 9.90. The van der Waals surface area contributed by atoms with Crippen molar-refractivity contribution in [2.24, 2.45) is 0 Å². The molecule has 0 radical (unpaired) electrons. The van der Waals surface area contributed by atoms with Crippen LogP contribution in [0.15, 0.2) is 48.5 Å². The molecule has 0 saturated carbocycles. The first-order chi connectivity index (χ1) is 12.5. The van der Waals surface area contributed by atoms with E-state index in [1.165, 1.54) is 5.56 Å². The highest BCUT2D eigenvalue weighted by Gasteiger charge is 2.34. The molecular weight excluding hydrogens is 346 g/mol. The van der Waals surface area contributed by atoms with E-state index in [1.54, 1.807) is 18.9 Å². The second-order valence-corrected chi connectivity index (χ2v) is 8.05. The quantitative estimate of drug-likeness (QED) is 0.820. The number of methoxy groups -OCH3 is 1. The summed E-state index contributed by atoms with van der Waals surface area (Å²) in [6.45, 7) is 4.09. The Balaban J connectivity index is 1.63. The van der Waals surface area contributed by atoms with Gasteiger partial charge in [-0.25, -0.2) is 0 Å². The number of hydrogen-bond acceptors (Lipinski definition) is 4. The fourth-order valence-electron chi connectivity index (χ4n) is 3.16. The fraction of sp³-hybridized carbons (Fsp3) is 0.381. The summed E-state index contributed by atoms with van der Waals surface area (Å²) in [5.41, 5.74) is 1.88. The summed E-state index contributed by atoms with van der Waals surface area (Å²) >= 11 is 1.62. The van der Waals surface area contributed by atoms with Gasteiger partial charge in [-0.05, 0) is 37.6 Å². The summed E-state index contributed by atoms with van der Waals surface area (Å²) in [7, 11) is 1.64. The molecule has 2 aromatic rings. The lowest BCUT2D eigenvalue weighted by Crippen LogP contribution is -2.41. The van der Waals surface area contributed by atoms with Gasteiger partial charge in [0.25, 0.3) is 0 Å². The van der Waals surface area contributed by atoms with Crippen LogP contribution < -0.4 is 14.8 Å². The van der Waals surface area contributed by atoms with E-state index in [4.69, 9.17) is 9.47 Å². The van der Waals surface area contributed by atoms with Gasteiger partial charge >= 0.3 is 0 Å². The van der Waals surface area contributed by atoms with Crippen LogP contribution in [0.2, 0.25) is 0 Å². The summed E-state index contributed by atoms with van der Waals surface area (Å²) in [6, 6.07) is 15.9. The molecule has 0 saturated heterocycles. The van der Waals surface area contributed by atoms with Gasteiger partial charge < -0.3 is 14.8 Å².